The number of allylic oxidation sites excluding steroid dienone is 1. The van der Waals surface area contributed by atoms with Gasteiger partial charge in [-0.3, -0.25) is 0 Å². The summed E-state index contributed by atoms with van der Waals surface area (Å²) in [5.74, 6) is 0. The minimum atomic E-state index is -1.39. The van der Waals surface area contributed by atoms with Crippen molar-refractivity contribution in [2.45, 2.75) is 19.8 Å². The van der Waals surface area contributed by atoms with Crippen molar-refractivity contribution in [1.29, 1.82) is 0 Å². The van der Waals surface area contributed by atoms with E-state index in [1.165, 1.54) is 0 Å². The van der Waals surface area contributed by atoms with E-state index in [4.69, 9.17) is 4.52 Å². The van der Waals surface area contributed by atoms with Crippen LogP contribution < -0.4 is 0 Å². The summed E-state index contributed by atoms with van der Waals surface area (Å²) in [6.07, 6.45) is 4.33. The van der Waals surface area contributed by atoms with Crippen LogP contribution in [0.15, 0.2) is 12.7 Å². The highest BCUT2D eigenvalue weighted by molar-refractivity contribution is 7.39. The monoisotopic (exact) mass is 161 g/mol. The largest absolute Gasteiger partial charge is 0.508 e. The molecule has 0 aromatic heterocycles. The molecule has 0 aromatic rings. The van der Waals surface area contributed by atoms with Gasteiger partial charge in [0.2, 0.25) is 0 Å². The number of hydrogen-bond donors (Lipinski definition) is 0. The van der Waals surface area contributed by atoms with E-state index < -0.39 is 8.03 Å². The zero-order chi connectivity index (χ0) is 7.82. The molecule has 0 saturated carbocycles. The Morgan fingerprint density at radius 2 is 2.40 bits per heavy atom. The normalized spacial score (nSPS) is 11.1. The van der Waals surface area contributed by atoms with Gasteiger partial charge in [-0.05, 0) is 24.3 Å². The third-order valence-corrected chi connectivity index (χ3v) is 2.25. The summed E-state index contributed by atoms with van der Waals surface area (Å²) in [7, 11) is -1.39. The second kappa shape index (κ2) is 6.91. The van der Waals surface area contributed by atoms with Crippen molar-refractivity contribution >= 4 is 8.03 Å². The Bertz CT molecular complexity index is 112. The maximum atomic E-state index is 10.8. The van der Waals surface area contributed by atoms with Crippen molar-refractivity contribution in [2.75, 3.05) is 12.8 Å². The van der Waals surface area contributed by atoms with Crippen LogP contribution in [-0.4, -0.2) is 12.8 Å². The van der Waals surface area contributed by atoms with Crippen LogP contribution in [0, 0.1) is 0 Å². The van der Waals surface area contributed by atoms with E-state index in [0.717, 1.165) is 12.8 Å². The summed E-state index contributed by atoms with van der Waals surface area (Å²) in [5, 5.41) is 0. The highest BCUT2D eigenvalue weighted by atomic mass is 31.1. The van der Waals surface area contributed by atoms with E-state index in [-0.39, 0.29) is 0 Å². The van der Waals surface area contributed by atoms with Gasteiger partial charge in [0, 0.05) is 0 Å². The molecule has 10 heavy (non-hydrogen) atoms. The van der Waals surface area contributed by atoms with E-state index in [9.17, 15) is 4.57 Å². The topological polar surface area (TPSA) is 26.3 Å². The highest BCUT2D eigenvalue weighted by Crippen LogP contribution is 2.22. The lowest BCUT2D eigenvalue weighted by atomic mass is 10.3. The average molecular weight is 161 g/mol. The van der Waals surface area contributed by atoms with Gasteiger partial charge in [-0.15, -0.1) is 11.1 Å². The Kier molecular flexibility index (Phi) is 6.78. The first-order chi connectivity index (χ1) is 4.81. The number of hydrogen-bond acceptors (Lipinski definition) is 2. The van der Waals surface area contributed by atoms with Crippen LogP contribution in [-0.2, 0) is 9.09 Å². The third-order valence-electron chi connectivity index (χ3n) is 1.02. The predicted octanol–water partition coefficient (Wildman–Crippen LogP) is 2.73. The van der Waals surface area contributed by atoms with Crippen molar-refractivity contribution < 1.29 is 9.09 Å². The summed E-state index contributed by atoms with van der Waals surface area (Å²) in [6, 6.07) is 0. The second-order valence-electron chi connectivity index (χ2n) is 1.91. The standard InChI is InChI=1S/C7H14O2P/c1-3-5-6-7-10(8)9-4-2/h3H,1,4-7H2,2H3/q+1. The second-order valence-corrected chi connectivity index (χ2v) is 3.28. The zero-order valence-corrected chi connectivity index (χ0v) is 7.27. The van der Waals surface area contributed by atoms with Gasteiger partial charge in [-0.1, -0.05) is 6.08 Å². The highest BCUT2D eigenvalue weighted by Gasteiger charge is 2.13. The lowest BCUT2D eigenvalue weighted by Crippen LogP contribution is -1.82. The van der Waals surface area contributed by atoms with Gasteiger partial charge in [-0.25, -0.2) is 0 Å². The molecule has 0 spiro atoms. The Morgan fingerprint density at radius 1 is 1.70 bits per heavy atom. The molecule has 58 valence electrons. The summed E-state index contributed by atoms with van der Waals surface area (Å²) in [4.78, 5) is 0. The van der Waals surface area contributed by atoms with Gasteiger partial charge in [-0.2, -0.15) is 0 Å². The molecule has 0 rings (SSSR count). The van der Waals surface area contributed by atoms with E-state index in [1.807, 2.05) is 13.0 Å². The molecule has 0 saturated heterocycles. The van der Waals surface area contributed by atoms with Gasteiger partial charge in [0.25, 0.3) is 0 Å². The van der Waals surface area contributed by atoms with Crippen molar-refractivity contribution in [1.82, 2.24) is 0 Å². The fourth-order valence-corrected chi connectivity index (χ4v) is 1.43. The molecular weight excluding hydrogens is 147 g/mol. The van der Waals surface area contributed by atoms with Gasteiger partial charge in [0.15, 0.2) is 6.16 Å². The third kappa shape index (κ3) is 5.93. The molecule has 1 unspecified atom stereocenters. The Balaban J connectivity index is 3.13. The van der Waals surface area contributed by atoms with E-state index in [2.05, 4.69) is 6.58 Å². The Morgan fingerprint density at radius 3 is 2.90 bits per heavy atom. The van der Waals surface area contributed by atoms with Crippen molar-refractivity contribution in [2.24, 2.45) is 0 Å². The van der Waals surface area contributed by atoms with E-state index in [1.54, 1.807) is 0 Å². The van der Waals surface area contributed by atoms with Crippen LogP contribution in [0.1, 0.15) is 19.8 Å². The molecule has 0 heterocycles. The van der Waals surface area contributed by atoms with Gasteiger partial charge in [0.05, 0.1) is 6.61 Å². The summed E-state index contributed by atoms with van der Waals surface area (Å²) < 4.78 is 15.7. The molecule has 0 radical (unpaired) electrons. The first-order valence-electron chi connectivity index (χ1n) is 3.49. The molecule has 0 aliphatic carbocycles. The molecule has 3 heteroatoms. The molecule has 0 aliphatic heterocycles. The number of unbranched alkanes of at least 4 members (excludes halogenated alkanes) is 1. The fraction of sp³-hybridized carbons (Fsp3) is 0.714. The van der Waals surface area contributed by atoms with E-state index in [0.29, 0.717) is 12.8 Å². The van der Waals surface area contributed by atoms with Crippen LogP contribution in [0.5, 0.6) is 0 Å². The molecule has 0 N–H and O–H groups in total. The number of rotatable bonds is 6. The predicted molar refractivity (Wildman–Crippen MR) is 43.5 cm³/mol. The zero-order valence-electron chi connectivity index (χ0n) is 6.38. The first kappa shape index (κ1) is 9.80. The van der Waals surface area contributed by atoms with Crippen LogP contribution in [0.2, 0.25) is 0 Å². The van der Waals surface area contributed by atoms with Crippen molar-refractivity contribution in [3.8, 4) is 0 Å². The van der Waals surface area contributed by atoms with Crippen molar-refractivity contribution in [3.63, 3.8) is 0 Å². The molecule has 0 aromatic carbocycles. The van der Waals surface area contributed by atoms with Gasteiger partial charge < -0.3 is 0 Å². The van der Waals surface area contributed by atoms with Gasteiger partial charge >= 0.3 is 8.03 Å². The van der Waals surface area contributed by atoms with Crippen LogP contribution in [0.3, 0.4) is 0 Å². The summed E-state index contributed by atoms with van der Waals surface area (Å²) >= 11 is 0. The maximum Gasteiger partial charge on any atom is 0.508 e. The Labute approximate surface area is 63.1 Å². The first-order valence-corrected chi connectivity index (χ1v) is 4.86. The quantitative estimate of drug-likeness (QED) is 0.340. The summed E-state index contributed by atoms with van der Waals surface area (Å²) in [6.45, 7) is 5.96. The molecule has 0 fully saturated rings. The van der Waals surface area contributed by atoms with Crippen LogP contribution >= 0.6 is 8.03 Å². The fourth-order valence-electron chi connectivity index (χ4n) is 0.573. The SMILES string of the molecule is C=CCCC[P+](=O)OCC. The minimum absolute atomic E-state index is 0.545. The molecule has 0 amide bonds. The lowest BCUT2D eigenvalue weighted by molar-refractivity contribution is 0.350. The smallest absolute Gasteiger partial charge is 0.147 e. The maximum absolute atomic E-state index is 10.8. The average Bonchev–Trinajstić information content (AvgIpc) is 1.89. The van der Waals surface area contributed by atoms with Crippen LogP contribution in [0.25, 0.3) is 0 Å². The van der Waals surface area contributed by atoms with Gasteiger partial charge in [0.1, 0.15) is 0 Å². The van der Waals surface area contributed by atoms with Crippen molar-refractivity contribution in [3.05, 3.63) is 12.7 Å². The summed E-state index contributed by atoms with van der Waals surface area (Å²) in [5.41, 5.74) is 0. The van der Waals surface area contributed by atoms with E-state index >= 15 is 0 Å². The Hall–Kier alpha value is -0.200. The van der Waals surface area contributed by atoms with Crippen LogP contribution in [0.4, 0.5) is 0 Å². The molecular formula is C7H14O2P+. The molecule has 1 atom stereocenters. The lowest BCUT2D eigenvalue weighted by Gasteiger charge is -1.84. The minimum Gasteiger partial charge on any atom is -0.147 e. The molecule has 2 nitrogen and oxygen atoms in total. The molecule has 0 bridgehead atoms. The molecule has 0 aliphatic rings.